The minimum Gasteiger partial charge on any atom is -0.343 e. The maximum atomic E-state index is 12.0. The molecule has 1 aliphatic rings. The summed E-state index contributed by atoms with van der Waals surface area (Å²) >= 11 is 0. The zero-order chi connectivity index (χ0) is 16.1. The highest BCUT2D eigenvalue weighted by atomic mass is 16.6. The number of carbonyl (C=O) groups excluding carboxylic acids is 2. The molecule has 22 heavy (non-hydrogen) atoms. The lowest BCUT2D eigenvalue weighted by Gasteiger charge is -2.29. The molecule has 1 aromatic rings. The van der Waals surface area contributed by atoms with Gasteiger partial charge in [-0.1, -0.05) is 6.08 Å². The van der Waals surface area contributed by atoms with Gasteiger partial charge < -0.3 is 4.90 Å². The summed E-state index contributed by atoms with van der Waals surface area (Å²) in [6.45, 7) is 3.00. The van der Waals surface area contributed by atoms with Crippen LogP contribution in [0.3, 0.4) is 0 Å². The van der Waals surface area contributed by atoms with Crippen LogP contribution in [0.4, 0.5) is 5.69 Å². The molecule has 116 valence electrons. The molecule has 0 spiro atoms. The predicted molar refractivity (Wildman–Crippen MR) is 81.5 cm³/mol. The average molecular weight is 302 g/mol. The standard InChI is InChI=1S/C16H18N2O4/c1-12(19)17-10-8-13(9-11-17)2-7-16(20)14-3-5-15(6-4-14)18(21)22/h2-7,13H,8-11H2,1H3. The summed E-state index contributed by atoms with van der Waals surface area (Å²) in [6, 6.07) is 5.57. The number of ketones is 1. The van der Waals surface area contributed by atoms with Gasteiger partial charge in [-0.05, 0) is 37.0 Å². The van der Waals surface area contributed by atoms with Gasteiger partial charge in [0.25, 0.3) is 5.69 Å². The fourth-order valence-corrected chi connectivity index (χ4v) is 2.47. The smallest absolute Gasteiger partial charge is 0.269 e. The van der Waals surface area contributed by atoms with E-state index in [2.05, 4.69) is 0 Å². The fraction of sp³-hybridized carbons (Fsp3) is 0.375. The highest BCUT2D eigenvalue weighted by Gasteiger charge is 2.19. The number of nitro benzene ring substituents is 1. The zero-order valence-electron chi connectivity index (χ0n) is 12.4. The van der Waals surface area contributed by atoms with Gasteiger partial charge in [-0.2, -0.15) is 0 Å². The van der Waals surface area contributed by atoms with Crippen molar-refractivity contribution in [2.45, 2.75) is 19.8 Å². The SMILES string of the molecule is CC(=O)N1CCC(C=CC(=O)c2ccc([N+](=O)[O-])cc2)CC1. The largest absolute Gasteiger partial charge is 0.343 e. The third-order valence-electron chi connectivity index (χ3n) is 3.87. The van der Waals surface area contributed by atoms with E-state index < -0.39 is 4.92 Å². The summed E-state index contributed by atoms with van der Waals surface area (Å²) in [5.41, 5.74) is 0.403. The second kappa shape index (κ2) is 6.98. The lowest BCUT2D eigenvalue weighted by Crippen LogP contribution is -2.36. The number of carbonyl (C=O) groups is 2. The Morgan fingerprint density at radius 2 is 1.82 bits per heavy atom. The topological polar surface area (TPSA) is 80.5 Å². The summed E-state index contributed by atoms with van der Waals surface area (Å²) < 4.78 is 0. The van der Waals surface area contributed by atoms with E-state index in [0.29, 0.717) is 5.56 Å². The van der Waals surface area contributed by atoms with Gasteiger partial charge in [-0.3, -0.25) is 19.7 Å². The Bertz CT molecular complexity index is 599. The molecule has 2 rings (SSSR count). The normalized spacial score (nSPS) is 16.0. The van der Waals surface area contributed by atoms with Crippen molar-refractivity contribution in [3.63, 3.8) is 0 Å². The second-order valence-electron chi connectivity index (χ2n) is 5.37. The Morgan fingerprint density at radius 1 is 1.23 bits per heavy atom. The van der Waals surface area contributed by atoms with Crippen molar-refractivity contribution in [3.8, 4) is 0 Å². The molecule has 0 N–H and O–H groups in total. The number of amides is 1. The number of benzene rings is 1. The van der Waals surface area contributed by atoms with Crippen LogP contribution >= 0.6 is 0 Å². The van der Waals surface area contributed by atoms with Gasteiger partial charge in [0.1, 0.15) is 0 Å². The van der Waals surface area contributed by atoms with E-state index >= 15 is 0 Å². The first-order valence-electron chi connectivity index (χ1n) is 7.20. The molecule has 6 heteroatoms. The van der Waals surface area contributed by atoms with Crippen LogP contribution in [0.5, 0.6) is 0 Å². The van der Waals surface area contributed by atoms with Crippen molar-refractivity contribution < 1.29 is 14.5 Å². The maximum absolute atomic E-state index is 12.0. The molecule has 1 fully saturated rings. The molecule has 0 atom stereocenters. The van der Waals surface area contributed by atoms with Crippen molar-refractivity contribution in [2.75, 3.05) is 13.1 Å². The fourth-order valence-electron chi connectivity index (χ4n) is 2.47. The van der Waals surface area contributed by atoms with Crippen molar-refractivity contribution in [1.29, 1.82) is 0 Å². The van der Waals surface area contributed by atoms with E-state index in [-0.39, 0.29) is 23.3 Å². The molecule has 1 aromatic carbocycles. The van der Waals surface area contributed by atoms with E-state index in [1.807, 2.05) is 11.0 Å². The van der Waals surface area contributed by atoms with E-state index in [1.54, 1.807) is 6.92 Å². The van der Waals surface area contributed by atoms with Crippen LogP contribution in [0.2, 0.25) is 0 Å². The van der Waals surface area contributed by atoms with Crippen molar-refractivity contribution in [3.05, 3.63) is 52.1 Å². The number of likely N-dealkylation sites (tertiary alicyclic amines) is 1. The first-order valence-corrected chi connectivity index (χ1v) is 7.20. The molecule has 1 heterocycles. The minimum atomic E-state index is -0.493. The monoisotopic (exact) mass is 302 g/mol. The maximum Gasteiger partial charge on any atom is 0.269 e. The molecule has 1 amide bonds. The quantitative estimate of drug-likeness (QED) is 0.370. The van der Waals surface area contributed by atoms with E-state index in [0.717, 1.165) is 25.9 Å². The molecule has 0 radical (unpaired) electrons. The summed E-state index contributed by atoms with van der Waals surface area (Å²) in [7, 11) is 0. The summed E-state index contributed by atoms with van der Waals surface area (Å²) in [5, 5.41) is 10.6. The molecule has 6 nitrogen and oxygen atoms in total. The Hall–Kier alpha value is -2.50. The lowest BCUT2D eigenvalue weighted by molar-refractivity contribution is -0.384. The number of hydrogen-bond donors (Lipinski definition) is 0. The number of nitro groups is 1. The third-order valence-corrected chi connectivity index (χ3v) is 3.87. The molecule has 1 aliphatic heterocycles. The van der Waals surface area contributed by atoms with Crippen LogP contribution in [0, 0.1) is 16.0 Å². The van der Waals surface area contributed by atoms with Crippen LogP contribution in [0.25, 0.3) is 0 Å². The molecule has 0 aromatic heterocycles. The molecular weight excluding hydrogens is 284 g/mol. The molecule has 1 saturated heterocycles. The first-order chi connectivity index (χ1) is 10.5. The Balaban J connectivity index is 1.91. The Morgan fingerprint density at radius 3 is 2.32 bits per heavy atom. The molecule has 0 saturated carbocycles. The van der Waals surface area contributed by atoms with Crippen LogP contribution < -0.4 is 0 Å². The van der Waals surface area contributed by atoms with Crippen LogP contribution in [-0.4, -0.2) is 34.6 Å². The van der Waals surface area contributed by atoms with Gasteiger partial charge in [0.05, 0.1) is 4.92 Å². The molecule has 0 aliphatic carbocycles. The lowest BCUT2D eigenvalue weighted by atomic mass is 9.95. The summed E-state index contributed by atoms with van der Waals surface area (Å²) in [4.78, 5) is 35.1. The van der Waals surface area contributed by atoms with E-state index in [4.69, 9.17) is 0 Å². The number of piperidine rings is 1. The zero-order valence-corrected chi connectivity index (χ0v) is 12.4. The van der Waals surface area contributed by atoms with E-state index in [1.165, 1.54) is 30.3 Å². The van der Waals surface area contributed by atoms with Crippen molar-refractivity contribution in [1.82, 2.24) is 4.90 Å². The predicted octanol–water partition coefficient (Wildman–Crippen LogP) is 2.59. The number of hydrogen-bond acceptors (Lipinski definition) is 4. The van der Waals surface area contributed by atoms with E-state index in [9.17, 15) is 19.7 Å². The van der Waals surface area contributed by atoms with Crippen molar-refractivity contribution in [2.24, 2.45) is 5.92 Å². The second-order valence-corrected chi connectivity index (χ2v) is 5.37. The highest BCUT2D eigenvalue weighted by Crippen LogP contribution is 2.19. The number of non-ortho nitro benzene ring substituents is 1. The molecular formula is C16H18N2O4. The minimum absolute atomic E-state index is 0.0304. The highest BCUT2D eigenvalue weighted by molar-refractivity contribution is 6.04. The average Bonchev–Trinajstić information content (AvgIpc) is 2.53. The van der Waals surface area contributed by atoms with Crippen LogP contribution in [0.15, 0.2) is 36.4 Å². The van der Waals surface area contributed by atoms with Gasteiger partial charge >= 0.3 is 0 Å². The number of nitrogens with zero attached hydrogens (tertiary/aromatic N) is 2. The summed E-state index contributed by atoms with van der Waals surface area (Å²) in [5.74, 6) is 0.214. The summed E-state index contributed by atoms with van der Waals surface area (Å²) in [6.07, 6.45) is 5.10. The molecule has 0 bridgehead atoms. The number of rotatable bonds is 4. The van der Waals surface area contributed by atoms with Gasteiger partial charge in [0, 0.05) is 37.7 Å². The van der Waals surface area contributed by atoms with Crippen LogP contribution in [0.1, 0.15) is 30.1 Å². The number of allylic oxidation sites excluding steroid dienone is 2. The first kappa shape index (κ1) is 15.9. The van der Waals surface area contributed by atoms with Gasteiger partial charge in [0.15, 0.2) is 5.78 Å². The Kier molecular flexibility index (Phi) is 5.04. The van der Waals surface area contributed by atoms with Crippen LogP contribution in [-0.2, 0) is 4.79 Å². The van der Waals surface area contributed by atoms with Gasteiger partial charge in [-0.15, -0.1) is 0 Å². The van der Waals surface area contributed by atoms with Crippen molar-refractivity contribution >= 4 is 17.4 Å². The Labute approximate surface area is 128 Å². The molecule has 0 unspecified atom stereocenters. The third kappa shape index (κ3) is 4.00. The van der Waals surface area contributed by atoms with Gasteiger partial charge in [0.2, 0.25) is 5.91 Å². The van der Waals surface area contributed by atoms with Gasteiger partial charge in [-0.25, -0.2) is 0 Å².